The van der Waals surface area contributed by atoms with E-state index in [1.807, 2.05) is 0 Å². The van der Waals surface area contributed by atoms with E-state index in [9.17, 15) is 12.9 Å². The van der Waals surface area contributed by atoms with E-state index in [2.05, 4.69) is 5.10 Å². The van der Waals surface area contributed by atoms with Crippen LogP contribution in [0.5, 0.6) is 0 Å². The van der Waals surface area contributed by atoms with Crippen LogP contribution in [0.25, 0.3) is 11.3 Å². The summed E-state index contributed by atoms with van der Waals surface area (Å²) >= 11 is 0. The minimum Gasteiger partial charge on any atom is -0.444 e. The van der Waals surface area contributed by atoms with E-state index in [-0.39, 0.29) is 51.4 Å². The summed E-state index contributed by atoms with van der Waals surface area (Å²) in [5.41, 5.74) is 0.348. The number of benzene rings is 1. The molecule has 0 saturated heterocycles. The Labute approximate surface area is 140 Å². The van der Waals surface area contributed by atoms with E-state index in [1.54, 1.807) is 30.3 Å². The molecule has 1 heterocycles. The van der Waals surface area contributed by atoms with Crippen molar-refractivity contribution in [2.75, 3.05) is 0 Å². The number of aryl methyl sites for hydroxylation is 1. The second-order valence-electron chi connectivity index (χ2n) is 3.52. The second kappa shape index (κ2) is 5.71. The van der Waals surface area contributed by atoms with Crippen molar-refractivity contribution in [3.8, 4) is 11.3 Å². The topological polar surface area (TPSA) is 17.8 Å². The zero-order valence-corrected chi connectivity index (χ0v) is 12.7. The maximum atomic E-state index is 12.6. The van der Waals surface area contributed by atoms with Crippen LogP contribution in [-0.4, -0.2) is 16.8 Å². The molecule has 0 aliphatic heterocycles. The van der Waals surface area contributed by atoms with Crippen LogP contribution in [0.1, 0.15) is 0 Å². The molecule has 17 heavy (non-hydrogen) atoms. The van der Waals surface area contributed by atoms with Gasteiger partial charge in [-0.1, -0.05) is 30.3 Å². The van der Waals surface area contributed by atoms with Crippen LogP contribution in [0.15, 0.2) is 36.4 Å². The van der Waals surface area contributed by atoms with Crippen molar-refractivity contribution in [1.29, 1.82) is 0 Å². The standard InChI is InChI=1S/C10H9BF3N2.K/c1-16-10(11(12,13)14)7-9(15-16)8-5-3-2-4-6-8;/h2-7H,1H3;/q-1;+1. The van der Waals surface area contributed by atoms with Crippen molar-refractivity contribution in [2.24, 2.45) is 7.05 Å². The van der Waals surface area contributed by atoms with Crippen molar-refractivity contribution in [3.05, 3.63) is 36.4 Å². The Morgan fingerprint density at radius 2 is 1.71 bits per heavy atom. The molecule has 2 nitrogen and oxygen atoms in total. The first kappa shape index (κ1) is 15.0. The van der Waals surface area contributed by atoms with E-state index in [0.29, 0.717) is 11.3 Å². The number of hydrogen-bond acceptors (Lipinski definition) is 1. The molecule has 1 aromatic heterocycles. The summed E-state index contributed by atoms with van der Waals surface area (Å²) in [6.45, 7) is -5.01. The van der Waals surface area contributed by atoms with Gasteiger partial charge >= 0.3 is 58.4 Å². The van der Waals surface area contributed by atoms with E-state index >= 15 is 0 Å². The minimum atomic E-state index is -5.01. The van der Waals surface area contributed by atoms with Crippen molar-refractivity contribution in [3.63, 3.8) is 0 Å². The Balaban J connectivity index is 0.00000144. The molecular weight excluding hydrogens is 255 g/mol. The summed E-state index contributed by atoms with van der Waals surface area (Å²) in [5.74, 6) is 0. The maximum absolute atomic E-state index is 12.6. The molecule has 2 rings (SSSR count). The van der Waals surface area contributed by atoms with Crippen molar-refractivity contribution in [1.82, 2.24) is 9.78 Å². The number of nitrogens with zero attached hydrogens (tertiary/aromatic N) is 2. The van der Waals surface area contributed by atoms with Crippen LogP contribution in [0, 0.1) is 0 Å². The van der Waals surface area contributed by atoms with Crippen molar-refractivity contribution >= 4 is 12.6 Å². The molecular formula is C10H9BF3KN2. The summed E-state index contributed by atoms with van der Waals surface area (Å²) in [6, 6.07) is 9.88. The SMILES string of the molecule is Cn1nc(-c2ccccc2)cc1[B-](F)(F)F.[K+]. The number of hydrogen-bond donors (Lipinski definition) is 0. The molecule has 0 N–H and O–H groups in total. The quantitative estimate of drug-likeness (QED) is 0.646. The molecule has 7 heteroatoms. The van der Waals surface area contributed by atoms with Gasteiger partial charge in [-0.3, -0.25) is 0 Å². The fraction of sp³-hybridized carbons (Fsp3) is 0.100. The van der Waals surface area contributed by atoms with Crippen LogP contribution < -0.4 is 57.0 Å². The minimum absolute atomic E-state index is 0. The molecule has 0 saturated carbocycles. The summed E-state index contributed by atoms with van der Waals surface area (Å²) in [5, 5.41) is 3.86. The summed E-state index contributed by atoms with van der Waals surface area (Å²) < 4.78 is 38.6. The molecule has 2 aromatic rings. The molecule has 0 aliphatic rings. The Kier molecular flexibility index (Phi) is 5.03. The zero-order valence-electron chi connectivity index (χ0n) is 9.57. The summed E-state index contributed by atoms with van der Waals surface area (Å²) in [6.07, 6.45) is 0. The van der Waals surface area contributed by atoms with Crippen LogP contribution in [-0.2, 0) is 7.05 Å². The van der Waals surface area contributed by atoms with Crippen LogP contribution >= 0.6 is 0 Å². The smallest absolute Gasteiger partial charge is 0.444 e. The van der Waals surface area contributed by atoms with Gasteiger partial charge in [-0.25, -0.2) is 0 Å². The molecule has 1 aromatic carbocycles. The van der Waals surface area contributed by atoms with Gasteiger partial charge in [0, 0.05) is 12.6 Å². The van der Waals surface area contributed by atoms with E-state index < -0.39 is 12.6 Å². The third kappa shape index (κ3) is 3.45. The van der Waals surface area contributed by atoms with Crippen molar-refractivity contribution in [2.45, 2.75) is 0 Å². The first-order valence-electron chi connectivity index (χ1n) is 4.78. The Morgan fingerprint density at radius 1 is 1.12 bits per heavy atom. The maximum Gasteiger partial charge on any atom is 1.00 e. The van der Waals surface area contributed by atoms with Gasteiger partial charge in [-0.2, -0.15) is 5.10 Å². The molecule has 0 amide bonds. The van der Waals surface area contributed by atoms with E-state index in [4.69, 9.17) is 0 Å². The molecule has 0 fully saturated rings. The van der Waals surface area contributed by atoms with Crippen LogP contribution in [0.4, 0.5) is 12.9 Å². The number of halogens is 3. The van der Waals surface area contributed by atoms with Gasteiger partial charge < -0.3 is 17.6 Å². The summed E-state index contributed by atoms with van der Waals surface area (Å²) in [7, 11) is 1.30. The van der Waals surface area contributed by atoms with E-state index in [1.165, 1.54) is 7.05 Å². The van der Waals surface area contributed by atoms with Crippen molar-refractivity contribution < 1.29 is 64.3 Å². The number of aromatic nitrogens is 2. The van der Waals surface area contributed by atoms with Gasteiger partial charge in [0.25, 0.3) is 0 Å². The van der Waals surface area contributed by atoms with E-state index in [0.717, 1.165) is 10.7 Å². The third-order valence-electron chi connectivity index (χ3n) is 2.32. The zero-order chi connectivity index (χ0) is 11.8. The summed E-state index contributed by atoms with van der Waals surface area (Å²) in [4.78, 5) is 0. The fourth-order valence-electron chi connectivity index (χ4n) is 1.54. The Hall–Kier alpha value is -0.0787. The molecule has 0 atom stereocenters. The molecule has 0 unspecified atom stereocenters. The van der Waals surface area contributed by atoms with Gasteiger partial charge in [0.2, 0.25) is 0 Å². The molecule has 0 spiro atoms. The average Bonchev–Trinajstić information content (AvgIpc) is 2.61. The fourth-order valence-corrected chi connectivity index (χ4v) is 1.54. The first-order valence-corrected chi connectivity index (χ1v) is 4.78. The molecule has 0 bridgehead atoms. The Morgan fingerprint density at radius 3 is 2.18 bits per heavy atom. The Bertz CT molecular complexity index is 496. The first-order chi connectivity index (χ1) is 7.48. The molecule has 0 aliphatic carbocycles. The van der Waals surface area contributed by atoms with Gasteiger partial charge in [0.15, 0.2) is 0 Å². The number of rotatable bonds is 2. The molecule has 84 valence electrons. The largest absolute Gasteiger partial charge is 1.00 e. The monoisotopic (exact) mass is 264 g/mol. The average molecular weight is 264 g/mol. The van der Waals surface area contributed by atoms with Crippen LogP contribution in [0.2, 0.25) is 0 Å². The predicted molar refractivity (Wildman–Crippen MR) is 57.4 cm³/mol. The van der Waals surface area contributed by atoms with Gasteiger partial charge in [0.05, 0.1) is 5.69 Å². The van der Waals surface area contributed by atoms with Gasteiger partial charge in [-0.15, -0.1) is 0 Å². The third-order valence-corrected chi connectivity index (χ3v) is 2.32. The van der Waals surface area contributed by atoms with Crippen LogP contribution in [0.3, 0.4) is 0 Å². The second-order valence-corrected chi connectivity index (χ2v) is 3.52. The molecule has 0 radical (unpaired) electrons. The predicted octanol–water partition coefficient (Wildman–Crippen LogP) is -0.855. The van der Waals surface area contributed by atoms with Gasteiger partial charge in [-0.05, 0) is 11.7 Å². The van der Waals surface area contributed by atoms with Gasteiger partial charge in [0.1, 0.15) is 0 Å². The normalized spacial score (nSPS) is 11.1.